The Morgan fingerprint density at radius 2 is 1.72 bits per heavy atom. The zero-order chi connectivity index (χ0) is 18.4. The zero-order valence-corrected chi connectivity index (χ0v) is 13.2. The molecular formula is C15H12F3N5O2. The van der Waals surface area contributed by atoms with E-state index < -0.39 is 23.0 Å². The topological polar surface area (TPSA) is 82.7 Å². The van der Waals surface area contributed by atoms with Crippen molar-refractivity contribution in [3.8, 4) is 22.9 Å². The molecule has 2 aliphatic heterocycles. The molecule has 130 valence electrons. The molecule has 10 heteroatoms. The van der Waals surface area contributed by atoms with E-state index in [0.29, 0.717) is 12.1 Å². The Bertz CT molecular complexity index is 1020. The van der Waals surface area contributed by atoms with Crippen molar-refractivity contribution in [2.24, 2.45) is 7.05 Å². The van der Waals surface area contributed by atoms with Crippen molar-refractivity contribution in [2.75, 3.05) is 0 Å². The van der Waals surface area contributed by atoms with Gasteiger partial charge in [0.25, 0.3) is 5.56 Å². The summed E-state index contributed by atoms with van der Waals surface area (Å²) in [6, 6.07) is 4.28. The van der Waals surface area contributed by atoms with Crippen LogP contribution in [0.4, 0.5) is 13.2 Å². The number of benzene rings is 1. The first-order valence-electron chi connectivity index (χ1n) is 7.26. The molecule has 1 aromatic carbocycles. The standard InChI is InChI=1S/C15H12F3N5O2/c1-3-23-12-10(13(24)22(2)14(25)20-12)19-11(21-23)8-4-6-9(7-5-8)15(16,17)18/h4-7H,3H2,1-2H3. The SMILES string of the molecule is CCn1nc(-c2ccc(C(F)(F)F)cc2)nc2c(=O)n(C)c(=O)nc1-2. The number of alkyl halides is 3. The average molecular weight is 351 g/mol. The van der Waals surface area contributed by atoms with E-state index in [2.05, 4.69) is 15.1 Å². The first-order valence-corrected chi connectivity index (χ1v) is 7.26. The predicted molar refractivity (Wildman–Crippen MR) is 82.1 cm³/mol. The van der Waals surface area contributed by atoms with Crippen LogP contribution in [0.15, 0.2) is 33.9 Å². The van der Waals surface area contributed by atoms with E-state index in [4.69, 9.17) is 0 Å². The Morgan fingerprint density at radius 3 is 2.28 bits per heavy atom. The van der Waals surface area contributed by atoms with Gasteiger partial charge in [-0.25, -0.2) is 14.5 Å². The number of fused-ring (bicyclic) bond motifs is 1. The molecule has 0 saturated heterocycles. The summed E-state index contributed by atoms with van der Waals surface area (Å²) in [5.74, 6) is 0.104. The monoisotopic (exact) mass is 351 g/mol. The maximum absolute atomic E-state index is 12.7. The second kappa shape index (κ2) is 5.80. The third kappa shape index (κ3) is 2.90. The van der Waals surface area contributed by atoms with Gasteiger partial charge in [0.15, 0.2) is 17.3 Å². The van der Waals surface area contributed by atoms with Crippen molar-refractivity contribution in [1.82, 2.24) is 24.3 Å². The predicted octanol–water partition coefficient (Wildman–Crippen LogP) is 1.54. The maximum Gasteiger partial charge on any atom is 0.416 e. The number of aromatic nitrogens is 5. The van der Waals surface area contributed by atoms with Gasteiger partial charge in [0.2, 0.25) is 0 Å². The molecule has 0 unspecified atom stereocenters. The van der Waals surface area contributed by atoms with Crippen molar-refractivity contribution in [3.05, 3.63) is 50.7 Å². The second-order valence-electron chi connectivity index (χ2n) is 5.26. The largest absolute Gasteiger partial charge is 0.416 e. The molecule has 3 rings (SSSR count). The number of rotatable bonds is 2. The third-order valence-corrected chi connectivity index (χ3v) is 3.66. The minimum absolute atomic E-state index is 0.0336. The van der Waals surface area contributed by atoms with Crippen LogP contribution in [0.3, 0.4) is 0 Å². The van der Waals surface area contributed by atoms with E-state index in [1.807, 2.05) is 0 Å². The fraction of sp³-hybridized carbons (Fsp3) is 0.267. The van der Waals surface area contributed by atoms with E-state index in [1.165, 1.54) is 23.9 Å². The maximum atomic E-state index is 12.7. The summed E-state index contributed by atoms with van der Waals surface area (Å²) in [7, 11) is 1.27. The quantitative estimate of drug-likeness (QED) is 0.699. The highest BCUT2D eigenvalue weighted by Crippen LogP contribution is 2.30. The summed E-state index contributed by atoms with van der Waals surface area (Å²) in [6.45, 7) is 2.03. The Morgan fingerprint density at radius 1 is 1.08 bits per heavy atom. The lowest BCUT2D eigenvalue weighted by molar-refractivity contribution is -0.137. The minimum atomic E-state index is -4.45. The fourth-order valence-corrected chi connectivity index (χ4v) is 2.28. The van der Waals surface area contributed by atoms with Crippen LogP contribution in [0.1, 0.15) is 12.5 Å². The summed E-state index contributed by atoms with van der Waals surface area (Å²) in [4.78, 5) is 31.8. The number of hydrogen-bond donors (Lipinski definition) is 0. The number of nitrogens with zero attached hydrogens (tertiary/aromatic N) is 5. The summed E-state index contributed by atoms with van der Waals surface area (Å²) in [5.41, 5.74) is -1.94. The molecule has 0 saturated carbocycles. The van der Waals surface area contributed by atoms with Gasteiger partial charge in [0.1, 0.15) is 0 Å². The summed E-state index contributed by atoms with van der Waals surface area (Å²) < 4.78 is 40.1. The number of hydrogen-bond acceptors (Lipinski definition) is 5. The summed E-state index contributed by atoms with van der Waals surface area (Å²) in [5, 5.41) is 4.17. The highest BCUT2D eigenvalue weighted by Gasteiger charge is 2.30. The van der Waals surface area contributed by atoms with Crippen molar-refractivity contribution in [3.63, 3.8) is 0 Å². The molecule has 0 radical (unpaired) electrons. The molecule has 0 spiro atoms. The minimum Gasteiger partial charge on any atom is -0.267 e. The van der Waals surface area contributed by atoms with E-state index in [0.717, 1.165) is 16.7 Å². The molecule has 0 atom stereocenters. The van der Waals surface area contributed by atoms with Crippen LogP contribution in [0.25, 0.3) is 22.9 Å². The molecule has 0 bridgehead atoms. The molecule has 2 aliphatic rings. The van der Waals surface area contributed by atoms with E-state index >= 15 is 0 Å². The van der Waals surface area contributed by atoms with Gasteiger partial charge in [-0.1, -0.05) is 12.1 Å². The van der Waals surface area contributed by atoms with Crippen LogP contribution in [-0.2, 0) is 19.8 Å². The third-order valence-electron chi connectivity index (χ3n) is 3.66. The van der Waals surface area contributed by atoms with E-state index in [9.17, 15) is 22.8 Å². The molecular weight excluding hydrogens is 339 g/mol. The molecule has 0 N–H and O–H groups in total. The highest BCUT2D eigenvalue weighted by atomic mass is 19.4. The van der Waals surface area contributed by atoms with Gasteiger partial charge in [-0.2, -0.15) is 23.3 Å². The van der Waals surface area contributed by atoms with Crippen molar-refractivity contribution in [2.45, 2.75) is 19.6 Å². The molecule has 2 heterocycles. The Labute approximate surface area is 138 Å². The van der Waals surface area contributed by atoms with Crippen molar-refractivity contribution in [1.29, 1.82) is 0 Å². The van der Waals surface area contributed by atoms with Crippen LogP contribution >= 0.6 is 0 Å². The first kappa shape index (κ1) is 16.8. The molecule has 0 aliphatic carbocycles. The number of aryl methyl sites for hydroxylation is 1. The highest BCUT2D eigenvalue weighted by molar-refractivity contribution is 5.59. The van der Waals surface area contributed by atoms with Crippen molar-refractivity contribution >= 4 is 0 Å². The Kier molecular flexibility index (Phi) is 3.90. The average Bonchev–Trinajstić information content (AvgIpc) is 2.58. The van der Waals surface area contributed by atoms with Gasteiger partial charge < -0.3 is 0 Å². The van der Waals surface area contributed by atoms with Gasteiger partial charge in [0, 0.05) is 19.2 Å². The fourth-order valence-electron chi connectivity index (χ4n) is 2.28. The smallest absolute Gasteiger partial charge is 0.267 e. The van der Waals surface area contributed by atoms with Gasteiger partial charge in [-0.05, 0) is 19.1 Å². The van der Waals surface area contributed by atoms with Gasteiger partial charge in [0.05, 0.1) is 5.56 Å². The second-order valence-corrected chi connectivity index (χ2v) is 5.26. The molecule has 0 aromatic heterocycles. The molecule has 25 heavy (non-hydrogen) atoms. The first-order chi connectivity index (χ1) is 11.7. The lowest BCUT2D eigenvalue weighted by atomic mass is 10.1. The van der Waals surface area contributed by atoms with Gasteiger partial charge in [-0.3, -0.25) is 9.36 Å². The van der Waals surface area contributed by atoms with Gasteiger partial charge >= 0.3 is 11.9 Å². The van der Waals surface area contributed by atoms with E-state index in [-0.39, 0.29) is 17.3 Å². The molecule has 7 nitrogen and oxygen atoms in total. The Balaban J connectivity index is 2.23. The molecule has 0 fully saturated rings. The van der Waals surface area contributed by atoms with E-state index in [1.54, 1.807) is 6.92 Å². The van der Waals surface area contributed by atoms with Crippen LogP contribution in [0, 0.1) is 0 Å². The van der Waals surface area contributed by atoms with Crippen LogP contribution in [-0.4, -0.2) is 24.3 Å². The lowest BCUT2D eigenvalue weighted by Gasteiger charge is -2.13. The van der Waals surface area contributed by atoms with Crippen LogP contribution in [0.5, 0.6) is 0 Å². The van der Waals surface area contributed by atoms with Gasteiger partial charge in [-0.15, -0.1) is 0 Å². The van der Waals surface area contributed by atoms with Crippen LogP contribution in [0.2, 0.25) is 0 Å². The normalized spacial score (nSPS) is 11.9. The molecule has 1 aromatic rings. The number of halogens is 3. The van der Waals surface area contributed by atoms with Crippen molar-refractivity contribution < 1.29 is 13.2 Å². The summed E-state index contributed by atoms with van der Waals surface area (Å²) in [6.07, 6.45) is -4.45. The lowest BCUT2D eigenvalue weighted by Crippen LogP contribution is -2.37. The summed E-state index contributed by atoms with van der Waals surface area (Å²) >= 11 is 0. The van der Waals surface area contributed by atoms with Crippen LogP contribution < -0.4 is 11.2 Å². The molecule has 0 amide bonds. The zero-order valence-electron chi connectivity index (χ0n) is 13.2. The Hall–Kier alpha value is -3.04.